The zero-order valence-electron chi connectivity index (χ0n) is 16.2. The molecule has 0 bridgehead atoms. The lowest BCUT2D eigenvalue weighted by atomic mass is 9.76. The largest absolute Gasteiger partial charge is 0.462 e. The molecule has 2 rings (SSSR count). The van der Waals surface area contributed by atoms with E-state index in [-0.39, 0.29) is 23.8 Å². The standard InChI is InChI=1S/C22H30O4/c1-14(2)21(26-17(5)23)12-11-19-18-10-9-15(3)7-6-8-16(4)20(18)13-25-22(19)24/h7,11,18,20-21H,1,4,6,8-10,12-13H2,2-3,5H3/b15-7-,19-11+/t18-,20+,21+/m1/s1. The van der Waals surface area contributed by atoms with Crippen molar-refractivity contribution in [2.24, 2.45) is 11.8 Å². The minimum atomic E-state index is -0.422. The maximum atomic E-state index is 12.5. The molecule has 0 radical (unpaired) electrons. The smallest absolute Gasteiger partial charge is 0.334 e. The third kappa shape index (κ3) is 5.20. The van der Waals surface area contributed by atoms with Gasteiger partial charge in [-0.2, -0.15) is 0 Å². The molecule has 142 valence electrons. The van der Waals surface area contributed by atoms with Gasteiger partial charge in [0, 0.05) is 30.8 Å². The Labute approximate surface area is 156 Å². The van der Waals surface area contributed by atoms with Crippen LogP contribution in [0.5, 0.6) is 0 Å². The van der Waals surface area contributed by atoms with Crippen molar-refractivity contribution in [3.63, 3.8) is 0 Å². The highest BCUT2D eigenvalue weighted by molar-refractivity contribution is 5.90. The first-order chi connectivity index (χ1) is 12.3. The summed E-state index contributed by atoms with van der Waals surface area (Å²) >= 11 is 0. The van der Waals surface area contributed by atoms with Gasteiger partial charge in [-0.15, -0.1) is 0 Å². The molecule has 0 aromatic heterocycles. The van der Waals surface area contributed by atoms with Gasteiger partial charge >= 0.3 is 11.9 Å². The van der Waals surface area contributed by atoms with E-state index in [0.29, 0.717) is 18.6 Å². The molecule has 1 saturated heterocycles. The number of carbonyl (C=O) groups excluding carboxylic acids is 2. The molecular weight excluding hydrogens is 328 g/mol. The Morgan fingerprint density at radius 3 is 2.77 bits per heavy atom. The molecule has 4 heteroatoms. The lowest BCUT2D eigenvalue weighted by molar-refractivity contribution is -0.145. The molecule has 1 aliphatic heterocycles. The third-order valence-corrected chi connectivity index (χ3v) is 5.26. The van der Waals surface area contributed by atoms with Crippen molar-refractivity contribution in [2.45, 2.75) is 59.0 Å². The van der Waals surface area contributed by atoms with E-state index in [1.165, 1.54) is 12.5 Å². The van der Waals surface area contributed by atoms with Crippen molar-refractivity contribution in [3.8, 4) is 0 Å². The fourth-order valence-corrected chi connectivity index (χ4v) is 3.69. The minimum absolute atomic E-state index is 0.105. The van der Waals surface area contributed by atoms with Crippen LogP contribution < -0.4 is 0 Å². The number of esters is 2. The summed E-state index contributed by atoms with van der Waals surface area (Å²) < 4.78 is 10.8. The number of allylic oxidation sites excluding steroid dienone is 2. The lowest BCUT2D eigenvalue weighted by Gasteiger charge is -2.34. The number of ether oxygens (including phenoxy) is 2. The summed E-state index contributed by atoms with van der Waals surface area (Å²) in [5.74, 6) is -0.344. The molecule has 0 spiro atoms. The number of carbonyl (C=O) groups is 2. The van der Waals surface area contributed by atoms with Crippen LogP contribution in [-0.4, -0.2) is 24.6 Å². The lowest BCUT2D eigenvalue weighted by Crippen LogP contribution is -2.34. The van der Waals surface area contributed by atoms with Crippen LogP contribution >= 0.6 is 0 Å². The zero-order chi connectivity index (χ0) is 19.3. The summed E-state index contributed by atoms with van der Waals surface area (Å²) in [4.78, 5) is 23.8. The van der Waals surface area contributed by atoms with Crippen LogP contribution in [0, 0.1) is 11.8 Å². The fourth-order valence-electron chi connectivity index (χ4n) is 3.69. The highest BCUT2D eigenvalue weighted by atomic mass is 16.5. The monoisotopic (exact) mass is 358 g/mol. The minimum Gasteiger partial charge on any atom is -0.462 e. The van der Waals surface area contributed by atoms with E-state index in [0.717, 1.165) is 36.8 Å². The van der Waals surface area contributed by atoms with Crippen molar-refractivity contribution in [2.75, 3.05) is 6.61 Å². The Balaban J connectivity index is 2.26. The first-order valence-corrected chi connectivity index (χ1v) is 9.32. The number of rotatable bonds is 4. The van der Waals surface area contributed by atoms with E-state index < -0.39 is 6.10 Å². The van der Waals surface area contributed by atoms with Gasteiger partial charge in [-0.1, -0.05) is 36.5 Å². The molecular formula is C22H30O4. The van der Waals surface area contributed by atoms with Gasteiger partial charge in [-0.25, -0.2) is 4.79 Å². The van der Waals surface area contributed by atoms with E-state index in [4.69, 9.17) is 9.47 Å². The number of cyclic esters (lactones) is 1. The Kier molecular flexibility index (Phi) is 7.01. The molecule has 3 atom stereocenters. The Bertz CT molecular complexity index is 653. The normalized spacial score (nSPS) is 28.6. The number of hydrogen-bond donors (Lipinski definition) is 0. The molecule has 0 aromatic carbocycles. The van der Waals surface area contributed by atoms with Gasteiger partial charge in [-0.05, 0) is 45.1 Å². The molecule has 1 fully saturated rings. The molecule has 0 saturated carbocycles. The summed E-state index contributed by atoms with van der Waals surface area (Å²) in [5, 5.41) is 0. The van der Waals surface area contributed by atoms with Crippen LogP contribution in [0.4, 0.5) is 0 Å². The molecule has 0 amide bonds. The molecule has 1 aliphatic carbocycles. The summed E-state index contributed by atoms with van der Waals surface area (Å²) in [6.45, 7) is 13.9. The van der Waals surface area contributed by atoms with Crippen molar-refractivity contribution in [3.05, 3.63) is 47.6 Å². The second kappa shape index (κ2) is 9.02. The van der Waals surface area contributed by atoms with Gasteiger partial charge in [-0.3, -0.25) is 4.79 Å². The quantitative estimate of drug-likeness (QED) is 0.416. The molecule has 1 heterocycles. The maximum Gasteiger partial charge on any atom is 0.334 e. The second-order valence-electron chi connectivity index (χ2n) is 7.44. The van der Waals surface area contributed by atoms with Crippen LogP contribution in [0.2, 0.25) is 0 Å². The topological polar surface area (TPSA) is 52.6 Å². The van der Waals surface area contributed by atoms with Gasteiger partial charge in [0.15, 0.2) is 0 Å². The summed E-state index contributed by atoms with van der Waals surface area (Å²) in [6.07, 6.45) is 7.94. The van der Waals surface area contributed by atoms with Gasteiger partial charge < -0.3 is 9.47 Å². The average molecular weight is 358 g/mol. The zero-order valence-corrected chi connectivity index (χ0v) is 16.2. The molecule has 4 nitrogen and oxygen atoms in total. The number of fused-ring (bicyclic) bond motifs is 1. The van der Waals surface area contributed by atoms with Crippen LogP contribution in [0.15, 0.2) is 47.6 Å². The van der Waals surface area contributed by atoms with Crippen molar-refractivity contribution < 1.29 is 19.1 Å². The Hall–Kier alpha value is -2.10. The molecule has 0 unspecified atom stereocenters. The third-order valence-electron chi connectivity index (χ3n) is 5.26. The van der Waals surface area contributed by atoms with Crippen molar-refractivity contribution in [1.29, 1.82) is 0 Å². The van der Waals surface area contributed by atoms with Crippen LogP contribution in [0.3, 0.4) is 0 Å². The molecule has 0 N–H and O–H groups in total. The van der Waals surface area contributed by atoms with Gasteiger partial charge in [0.1, 0.15) is 6.10 Å². The predicted molar refractivity (Wildman–Crippen MR) is 102 cm³/mol. The van der Waals surface area contributed by atoms with E-state index in [2.05, 4.69) is 26.2 Å². The van der Waals surface area contributed by atoms with Gasteiger partial charge in [0.2, 0.25) is 0 Å². The molecule has 0 aromatic rings. The van der Waals surface area contributed by atoms with Gasteiger partial charge in [0.05, 0.1) is 6.61 Å². The van der Waals surface area contributed by atoms with Crippen LogP contribution in [0.25, 0.3) is 0 Å². The number of hydrogen-bond acceptors (Lipinski definition) is 4. The van der Waals surface area contributed by atoms with Crippen molar-refractivity contribution in [1.82, 2.24) is 0 Å². The molecule has 2 aliphatic rings. The highest BCUT2D eigenvalue weighted by Gasteiger charge is 2.36. The van der Waals surface area contributed by atoms with Crippen LogP contribution in [-0.2, 0) is 19.1 Å². The fraction of sp³-hybridized carbons (Fsp3) is 0.545. The predicted octanol–water partition coefficient (Wildman–Crippen LogP) is 4.68. The first kappa shape index (κ1) is 20.2. The summed E-state index contributed by atoms with van der Waals surface area (Å²) in [5.41, 5.74) is 3.96. The second-order valence-corrected chi connectivity index (χ2v) is 7.44. The molecule has 26 heavy (non-hydrogen) atoms. The highest BCUT2D eigenvalue weighted by Crippen LogP contribution is 2.39. The van der Waals surface area contributed by atoms with E-state index >= 15 is 0 Å². The van der Waals surface area contributed by atoms with E-state index in [1.54, 1.807) is 0 Å². The van der Waals surface area contributed by atoms with Crippen molar-refractivity contribution >= 4 is 11.9 Å². The summed E-state index contributed by atoms with van der Waals surface area (Å²) in [6, 6.07) is 0. The van der Waals surface area contributed by atoms with Crippen LogP contribution in [0.1, 0.15) is 52.9 Å². The summed E-state index contributed by atoms with van der Waals surface area (Å²) in [7, 11) is 0. The SMILES string of the molecule is C=C(C)[C@H](C/C=C1/C(=O)OC[C@H]2C(=C)CC/C=C(/C)CC[C@H]12)OC(C)=O. The maximum absolute atomic E-state index is 12.5. The van der Waals surface area contributed by atoms with E-state index in [1.807, 2.05) is 13.0 Å². The average Bonchev–Trinajstić information content (AvgIpc) is 2.62. The van der Waals surface area contributed by atoms with E-state index in [9.17, 15) is 9.59 Å². The Morgan fingerprint density at radius 1 is 1.38 bits per heavy atom. The first-order valence-electron chi connectivity index (χ1n) is 9.32. The van der Waals surface area contributed by atoms with Gasteiger partial charge in [0.25, 0.3) is 0 Å². The Morgan fingerprint density at radius 2 is 2.12 bits per heavy atom.